The molecule has 78 valence electrons. The SMILES string of the molecule is Cl.O=c1[nH]nccc1N1CCOCC1. The fourth-order valence-electron chi connectivity index (χ4n) is 1.39. The Kier molecular flexibility index (Phi) is 3.91. The molecular formula is C8H12ClN3O2. The minimum Gasteiger partial charge on any atom is -0.378 e. The number of aromatic nitrogens is 2. The smallest absolute Gasteiger partial charge is 0.287 e. The van der Waals surface area contributed by atoms with Crippen LogP contribution in [0.2, 0.25) is 0 Å². The van der Waals surface area contributed by atoms with E-state index in [-0.39, 0.29) is 18.0 Å². The molecule has 2 heterocycles. The number of anilines is 1. The molecule has 0 atom stereocenters. The molecule has 1 saturated heterocycles. The molecule has 1 aromatic heterocycles. The van der Waals surface area contributed by atoms with E-state index in [0.717, 1.165) is 13.1 Å². The highest BCUT2D eigenvalue weighted by molar-refractivity contribution is 5.85. The number of hydrogen-bond donors (Lipinski definition) is 1. The predicted molar refractivity (Wildman–Crippen MR) is 55.1 cm³/mol. The van der Waals surface area contributed by atoms with Crippen molar-refractivity contribution in [3.05, 3.63) is 22.6 Å². The third-order valence-electron chi connectivity index (χ3n) is 2.06. The lowest BCUT2D eigenvalue weighted by atomic mass is 10.3. The number of nitrogens with zero attached hydrogens (tertiary/aromatic N) is 2. The van der Waals surface area contributed by atoms with Crippen LogP contribution in [0.4, 0.5) is 5.69 Å². The summed E-state index contributed by atoms with van der Waals surface area (Å²) in [6.45, 7) is 2.91. The van der Waals surface area contributed by atoms with Gasteiger partial charge in [-0.1, -0.05) is 0 Å². The molecule has 1 fully saturated rings. The van der Waals surface area contributed by atoms with Gasteiger partial charge in [0.2, 0.25) is 0 Å². The number of nitrogens with one attached hydrogen (secondary N) is 1. The number of morpholine rings is 1. The van der Waals surface area contributed by atoms with Crippen LogP contribution in [-0.2, 0) is 4.74 Å². The maximum atomic E-state index is 11.3. The van der Waals surface area contributed by atoms with E-state index >= 15 is 0 Å². The van der Waals surface area contributed by atoms with E-state index in [4.69, 9.17) is 4.74 Å². The van der Waals surface area contributed by atoms with Gasteiger partial charge in [0.15, 0.2) is 0 Å². The number of aromatic amines is 1. The van der Waals surface area contributed by atoms with E-state index in [2.05, 4.69) is 10.2 Å². The largest absolute Gasteiger partial charge is 0.378 e. The van der Waals surface area contributed by atoms with Crippen molar-refractivity contribution in [1.29, 1.82) is 0 Å². The van der Waals surface area contributed by atoms with E-state index in [9.17, 15) is 4.79 Å². The first-order valence-corrected chi connectivity index (χ1v) is 4.24. The summed E-state index contributed by atoms with van der Waals surface area (Å²) < 4.78 is 5.19. The van der Waals surface area contributed by atoms with Crippen LogP contribution in [0.1, 0.15) is 0 Å². The number of halogens is 1. The van der Waals surface area contributed by atoms with Gasteiger partial charge in [0.1, 0.15) is 5.69 Å². The van der Waals surface area contributed by atoms with Crippen molar-refractivity contribution in [3.8, 4) is 0 Å². The van der Waals surface area contributed by atoms with Gasteiger partial charge in [0, 0.05) is 19.3 Å². The summed E-state index contributed by atoms with van der Waals surface area (Å²) in [6, 6.07) is 1.73. The van der Waals surface area contributed by atoms with E-state index in [0.29, 0.717) is 18.9 Å². The first-order valence-electron chi connectivity index (χ1n) is 4.24. The quantitative estimate of drug-likeness (QED) is 0.721. The summed E-state index contributed by atoms with van der Waals surface area (Å²) in [7, 11) is 0. The molecule has 0 unspecified atom stereocenters. The molecule has 1 aliphatic heterocycles. The van der Waals surface area contributed by atoms with E-state index in [1.807, 2.05) is 4.90 Å². The van der Waals surface area contributed by atoms with Gasteiger partial charge in [-0.2, -0.15) is 5.10 Å². The van der Waals surface area contributed by atoms with Gasteiger partial charge in [-0.15, -0.1) is 12.4 Å². The Morgan fingerprint density at radius 2 is 2.14 bits per heavy atom. The predicted octanol–water partition coefficient (Wildman–Crippen LogP) is 0.0283. The van der Waals surface area contributed by atoms with E-state index < -0.39 is 0 Å². The molecule has 6 heteroatoms. The van der Waals surface area contributed by atoms with Crippen molar-refractivity contribution in [3.63, 3.8) is 0 Å². The summed E-state index contributed by atoms with van der Waals surface area (Å²) >= 11 is 0. The van der Waals surface area contributed by atoms with Crippen molar-refractivity contribution < 1.29 is 4.74 Å². The highest BCUT2D eigenvalue weighted by Crippen LogP contribution is 2.07. The second-order valence-electron chi connectivity index (χ2n) is 2.87. The summed E-state index contributed by atoms with van der Waals surface area (Å²) in [5, 5.41) is 6.05. The molecule has 2 rings (SSSR count). The van der Waals surface area contributed by atoms with Gasteiger partial charge in [-0.3, -0.25) is 4.79 Å². The van der Waals surface area contributed by atoms with Crippen molar-refractivity contribution in [2.24, 2.45) is 0 Å². The highest BCUT2D eigenvalue weighted by atomic mass is 35.5. The molecule has 0 aliphatic carbocycles. The fraction of sp³-hybridized carbons (Fsp3) is 0.500. The molecule has 14 heavy (non-hydrogen) atoms. The topological polar surface area (TPSA) is 58.2 Å². The highest BCUT2D eigenvalue weighted by Gasteiger charge is 2.13. The summed E-state index contributed by atoms with van der Waals surface area (Å²) in [5.74, 6) is 0. The molecule has 5 nitrogen and oxygen atoms in total. The van der Waals surface area contributed by atoms with Crippen LogP contribution in [0.15, 0.2) is 17.1 Å². The van der Waals surface area contributed by atoms with Gasteiger partial charge < -0.3 is 9.64 Å². The van der Waals surface area contributed by atoms with Crippen LogP contribution < -0.4 is 10.5 Å². The zero-order valence-corrected chi connectivity index (χ0v) is 8.42. The minimum absolute atomic E-state index is 0. The first-order chi connectivity index (χ1) is 6.38. The lowest BCUT2D eigenvalue weighted by molar-refractivity contribution is 0.122. The van der Waals surface area contributed by atoms with Crippen LogP contribution in [-0.4, -0.2) is 36.5 Å². The Morgan fingerprint density at radius 3 is 2.79 bits per heavy atom. The van der Waals surface area contributed by atoms with Crippen LogP contribution in [0.3, 0.4) is 0 Å². The fourth-order valence-corrected chi connectivity index (χ4v) is 1.39. The molecule has 0 amide bonds. The van der Waals surface area contributed by atoms with E-state index in [1.165, 1.54) is 0 Å². The number of H-pyrrole nitrogens is 1. The van der Waals surface area contributed by atoms with Gasteiger partial charge >= 0.3 is 0 Å². The number of hydrogen-bond acceptors (Lipinski definition) is 4. The third-order valence-corrected chi connectivity index (χ3v) is 2.06. The molecule has 1 aliphatic rings. The molecule has 0 spiro atoms. The normalized spacial score (nSPS) is 16.1. The summed E-state index contributed by atoms with van der Waals surface area (Å²) in [5.41, 5.74) is 0.544. The molecule has 0 radical (unpaired) electrons. The molecule has 0 bridgehead atoms. The molecule has 0 saturated carbocycles. The van der Waals surface area contributed by atoms with Gasteiger partial charge in [0.25, 0.3) is 5.56 Å². The van der Waals surface area contributed by atoms with Crippen LogP contribution >= 0.6 is 12.4 Å². The maximum Gasteiger partial charge on any atom is 0.287 e. The lowest BCUT2D eigenvalue weighted by Gasteiger charge is -2.27. The van der Waals surface area contributed by atoms with Crippen LogP contribution in [0, 0.1) is 0 Å². The monoisotopic (exact) mass is 217 g/mol. The van der Waals surface area contributed by atoms with Crippen LogP contribution in [0.25, 0.3) is 0 Å². The van der Waals surface area contributed by atoms with Gasteiger partial charge in [-0.05, 0) is 6.07 Å². The average molecular weight is 218 g/mol. The van der Waals surface area contributed by atoms with Gasteiger partial charge in [0.05, 0.1) is 13.2 Å². The molecule has 1 aromatic rings. The second kappa shape index (κ2) is 4.97. The Morgan fingerprint density at radius 1 is 1.43 bits per heavy atom. The molecular weight excluding hydrogens is 206 g/mol. The third kappa shape index (κ3) is 2.24. The summed E-state index contributed by atoms with van der Waals surface area (Å²) in [6.07, 6.45) is 1.59. The second-order valence-corrected chi connectivity index (χ2v) is 2.87. The average Bonchev–Trinajstić information content (AvgIpc) is 2.20. The molecule has 1 N–H and O–H groups in total. The Hall–Kier alpha value is -1.07. The first kappa shape index (κ1) is 11.0. The zero-order valence-electron chi connectivity index (χ0n) is 7.60. The molecule has 0 aromatic carbocycles. The Bertz CT molecular complexity index is 335. The van der Waals surface area contributed by atoms with Crippen molar-refractivity contribution in [1.82, 2.24) is 10.2 Å². The Labute approximate surface area is 87.5 Å². The minimum atomic E-state index is -0.135. The number of ether oxygens (including phenoxy) is 1. The maximum absolute atomic E-state index is 11.3. The standard InChI is InChI=1S/C8H11N3O2.ClH/c12-8-7(1-2-9-10-8)11-3-5-13-6-4-11;/h1-2H,3-6H2,(H,10,12);1H. The lowest BCUT2D eigenvalue weighted by Crippen LogP contribution is -2.39. The van der Waals surface area contributed by atoms with Crippen molar-refractivity contribution in [2.75, 3.05) is 31.2 Å². The van der Waals surface area contributed by atoms with Crippen LogP contribution in [0.5, 0.6) is 0 Å². The zero-order chi connectivity index (χ0) is 9.10. The van der Waals surface area contributed by atoms with E-state index in [1.54, 1.807) is 12.3 Å². The van der Waals surface area contributed by atoms with Crippen molar-refractivity contribution in [2.45, 2.75) is 0 Å². The Balaban J connectivity index is 0.000000980. The summed E-state index contributed by atoms with van der Waals surface area (Å²) in [4.78, 5) is 13.3. The van der Waals surface area contributed by atoms with Gasteiger partial charge in [-0.25, -0.2) is 5.10 Å². The number of rotatable bonds is 1. The van der Waals surface area contributed by atoms with Crippen molar-refractivity contribution >= 4 is 18.1 Å².